The second-order valence-corrected chi connectivity index (χ2v) is 11.8. The van der Waals surface area contributed by atoms with E-state index in [1.54, 1.807) is 7.11 Å². The summed E-state index contributed by atoms with van der Waals surface area (Å²) in [5.41, 5.74) is 2.70. The molecule has 31 heavy (non-hydrogen) atoms. The number of quaternary nitrogens is 1. The number of likely N-dealkylation sites (N-methyl/N-ethyl adjacent to an activating group) is 1. The Bertz CT molecular complexity index is 961. The minimum absolute atomic E-state index is 0.00361. The molecule has 1 aromatic carbocycles. The van der Waals surface area contributed by atoms with Gasteiger partial charge in [-0.1, -0.05) is 6.07 Å². The number of benzene rings is 1. The summed E-state index contributed by atoms with van der Waals surface area (Å²) >= 11 is 0. The summed E-state index contributed by atoms with van der Waals surface area (Å²) in [4.78, 5) is 0. The molecule has 0 radical (unpaired) electrons. The van der Waals surface area contributed by atoms with E-state index in [4.69, 9.17) is 14.2 Å². The largest absolute Gasteiger partial charge is 0.493 e. The number of aliphatic hydroxyl groups excluding tert-OH is 1. The zero-order chi connectivity index (χ0) is 21.2. The molecule has 2 spiro atoms. The molecular weight excluding hydrogens is 390 g/mol. The second-order valence-electron chi connectivity index (χ2n) is 11.8. The fourth-order valence-electron chi connectivity index (χ4n) is 9.62. The molecule has 4 saturated carbocycles. The number of hydrogen-bond acceptors (Lipinski definition) is 4. The highest BCUT2D eigenvalue weighted by molar-refractivity contribution is 5.63. The van der Waals surface area contributed by atoms with Crippen molar-refractivity contribution in [3.63, 3.8) is 0 Å². The lowest BCUT2D eigenvalue weighted by atomic mass is 9.34. The number of nitrogens with zero attached hydrogens (tertiary/aromatic N) is 1. The fourth-order valence-corrected chi connectivity index (χ4v) is 9.62. The van der Waals surface area contributed by atoms with Crippen molar-refractivity contribution in [2.24, 2.45) is 17.3 Å². The van der Waals surface area contributed by atoms with Crippen LogP contribution in [0.5, 0.6) is 11.5 Å². The summed E-state index contributed by atoms with van der Waals surface area (Å²) in [5, 5.41) is 10.6. The molecule has 1 N–H and O–H groups in total. The van der Waals surface area contributed by atoms with Crippen LogP contribution in [0.15, 0.2) is 12.1 Å². The number of methoxy groups -OCH3 is 2. The second kappa shape index (κ2) is 5.78. The Balaban J connectivity index is 1.50. The van der Waals surface area contributed by atoms with Crippen molar-refractivity contribution in [2.75, 3.05) is 41.0 Å². The predicted molar refractivity (Wildman–Crippen MR) is 116 cm³/mol. The lowest BCUT2D eigenvalue weighted by Gasteiger charge is -2.74. The van der Waals surface area contributed by atoms with Crippen LogP contribution >= 0.6 is 0 Å². The molecule has 4 bridgehead atoms. The van der Waals surface area contributed by atoms with E-state index in [1.807, 2.05) is 7.11 Å². The number of fused-ring (bicyclic) bond motifs is 2. The van der Waals surface area contributed by atoms with Gasteiger partial charge in [-0.05, 0) is 43.7 Å². The van der Waals surface area contributed by atoms with Gasteiger partial charge in [-0.25, -0.2) is 0 Å². The molecule has 0 aromatic heterocycles. The van der Waals surface area contributed by atoms with Crippen LogP contribution in [0.1, 0.15) is 49.7 Å². The van der Waals surface area contributed by atoms with E-state index in [0.717, 1.165) is 43.1 Å². The third-order valence-corrected chi connectivity index (χ3v) is 10.9. The molecule has 5 nitrogen and oxygen atoms in total. The van der Waals surface area contributed by atoms with E-state index in [2.05, 4.69) is 19.2 Å². The first-order valence-corrected chi connectivity index (χ1v) is 12.4. The highest BCUT2D eigenvalue weighted by atomic mass is 16.6. The third kappa shape index (κ3) is 1.94. The van der Waals surface area contributed by atoms with Gasteiger partial charge in [0.25, 0.3) is 0 Å². The van der Waals surface area contributed by atoms with Gasteiger partial charge in [0, 0.05) is 49.4 Å². The fraction of sp³-hybridized carbons (Fsp3) is 0.769. The quantitative estimate of drug-likeness (QED) is 0.736. The number of ether oxygens (including phenoxy) is 3. The summed E-state index contributed by atoms with van der Waals surface area (Å²) in [6.07, 6.45) is 8.34. The van der Waals surface area contributed by atoms with Crippen molar-refractivity contribution < 1.29 is 23.8 Å². The maximum Gasteiger partial charge on any atom is 0.165 e. The smallest absolute Gasteiger partial charge is 0.165 e. The van der Waals surface area contributed by atoms with Crippen molar-refractivity contribution >= 4 is 0 Å². The third-order valence-electron chi connectivity index (χ3n) is 10.9. The molecule has 5 fully saturated rings. The van der Waals surface area contributed by atoms with Crippen LogP contribution in [0, 0.1) is 17.3 Å². The summed E-state index contributed by atoms with van der Waals surface area (Å²) < 4.78 is 20.3. The summed E-state index contributed by atoms with van der Waals surface area (Å²) in [5.74, 6) is 2.90. The molecule has 7 aliphatic rings. The molecule has 7 atom stereocenters. The molecule has 8 rings (SSSR count). The zero-order valence-electron chi connectivity index (χ0n) is 19.2. The summed E-state index contributed by atoms with van der Waals surface area (Å²) in [7, 11) is 6.15. The van der Waals surface area contributed by atoms with Gasteiger partial charge in [0.05, 0.1) is 38.7 Å². The summed E-state index contributed by atoms with van der Waals surface area (Å²) in [6, 6.07) is 5.04. The normalized spacial score (nSPS) is 48.3. The Labute approximate surface area is 185 Å². The van der Waals surface area contributed by atoms with Crippen molar-refractivity contribution in [3.8, 4) is 11.5 Å². The highest BCUT2D eigenvalue weighted by Crippen LogP contribution is 2.77. The average molecular weight is 427 g/mol. The lowest BCUT2D eigenvalue weighted by molar-refractivity contribution is -0.952. The minimum atomic E-state index is -0.406. The van der Waals surface area contributed by atoms with Gasteiger partial charge in [-0.3, -0.25) is 0 Å². The molecule has 168 valence electrons. The highest BCUT2D eigenvalue weighted by Gasteiger charge is 2.83. The first-order chi connectivity index (χ1) is 15.0. The van der Waals surface area contributed by atoms with Crippen LogP contribution in [-0.4, -0.2) is 68.3 Å². The van der Waals surface area contributed by atoms with E-state index in [1.165, 1.54) is 48.0 Å². The molecule has 0 amide bonds. The Hall–Kier alpha value is -1.30. The van der Waals surface area contributed by atoms with Crippen LogP contribution in [0.4, 0.5) is 0 Å². The number of likely N-dealkylation sites (tertiary alicyclic amines) is 1. The zero-order valence-corrected chi connectivity index (χ0v) is 19.2. The SMILES string of the molecule is COc1ccc2c3c1OC1C4(OC)CCC5(CC4CO)C(C2)[N+](C)(CC2CC2)CCC315. The Morgan fingerprint density at radius 1 is 1.19 bits per heavy atom. The monoisotopic (exact) mass is 426 g/mol. The van der Waals surface area contributed by atoms with Crippen LogP contribution in [0.25, 0.3) is 0 Å². The Morgan fingerprint density at radius 3 is 2.74 bits per heavy atom. The van der Waals surface area contributed by atoms with Crippen LogP contribution < -0.4 is 9.47 Å². The Morgan fingerprint density at radius 2 is 2.03 bits per heavy atom. The van der Waals surface area contributed by atoms with Crippen molar-refractivity contribution in [1.29, 1.82) is 0 Å². The van der Waals surface area contributed by atoms with Gasteiger partial charge in [-0.2, -0.15) is 0 Å². The minimum Gasteiger partial charge on any atom is -0.493 e. The predicted octanol–water partition coefficient (Wildman–Crippen LogP) is 3.06. The van der Waals surface area contributed by atoms with Crippen LogP contribution in [-0.2, 0) is 16.6 Å². The maximum atomic E-state index is 10.6. The first kappa shape index (κ1) is 19.2. The lowest BCUT2D eigenvalue weighted by Crippen LogP contribution is -2.83. The molecule has 5 aliphatic carbocycles. The van der Waals surface area contributed by atoms with Crippen molar-refractivity contribution in [1.82, 2.24) is 0 Å². The van der Waals surface area contributed by atoms with Crippen LogP contribution in [0.3, 0.4) is 0 Å². The molecule has 2 aliphatic heterocycles. The number of piperidine rings is 1. The van der Waals surface area contributed by atoms with E-state index >= 15 is 0 Å². The topological polar surface area (TPSA) is 47.9 Å². The van der Waals surface area contributed by atoms with E-state index in [0.29, 0.717) is 6.04 Å². The maximum absolute atomic E-state index is 10.6. The number of hydrogen-bond donors (Lipinski definition) is 1. The van der Waals surface area contributed by atoms with Gasteiger partial charge >= 0.3 is 0 Å². The number of aliphatic hydroxyl groups is 1. The Kier molecular flexibility index (Phi) is 3.58. The van der Waals surface area contributed by atoms with Gasteiger partial charge < -0.3 is 23.8 Å². The first-order valence-electron chi connectivity index (χ1n) is 12.4. The molecule has 5 heteroatoms. The van der Waals surface area contributed by atoms with E-state index in [9.17, 15) is 5.11 Å². The standard InChI is InChI=1S/C26H36NO4/c1-27(14-16-4-5-16)11-10-25-21-17-6-7-19(29-2)22(21)31-23(25)26(30-3)9-8-24(25,20(27)12-17)13-18(26)15-28/h6-7,16,18,20,23,28H,4-5,8-15H2,1-3H3/q+1. The summed E-state index contributed by atoms with van der Waals surface area (Å²) in [6.45, 7) is 2.74. The van der Waals surface area contributed by atoms with Gasteiger partial charge in [0.2, 0.25) is 0 Å². The van der Waals surface area contributed by atoms with E-state index in [-0.39, 0.29) is 29.5 Å². The van der Waals surface area contributed by atoms with Crippen molar-refractivity contribution in [3.05, 3.63) is 23.3 Å². The van der Waals surface area contributed by atoms with Gasteiger partial charge in [0.1, 0.15) is 11.7 Å². The van der Waals surface area contributed by atoms with E-state index < -0.39 is 5.60 Å². The molecule has 1 aromatic rings. The van der Waals surface area contributed by atoms with Gasteiger partial charge in [0.15, 0.2) is 11.5 Å². The average Bonchev–Trinajstić information content (AvgIpc) is 3.52. The molecule has 2 heterocycles. The molecular formula is C26H36NO4+. The molecule has 1 saturated heterocycles. The number of rotatable bonds is 5. The molecule has 7 unspecified atom stereocenters. The van der Waals surface area contributed by atoms with Crippen LogP contribution in [0.2, 0.25) is 0 Å². The van der Waals surface area contributed by atoms with Crippen molar-refractivity contribution in [2.45, 2.75) is 68.1 Å². The van der Waals surface area contributed by atoms with Gasteiger partial charge in [-0.15, -0.1) is 0 Å².